The minimum Gasteiger partial charge on any atom is -0.366 e. The van der Waals surface area contributed by atoms with E-state index < -0.39 is 0 Å². The summed E-state index contributed by atoms with van der Waals surface area (Å²) in [6.07, 6.45) is 4.52. The van der Waals surface area contributed by atoms with E-state index in [9.17, 15) is 0 Å². The summed E-state index contributed by atoms with van der Waals surface area (Å²) >= 11 is 0. The summed E-state index contributed by atoms with van der Waals surface area (Å²) in [4.78, 5) is 6.84. The molecule has 1 fully saturated rings. The fourth-order valence-electron chi connectivity index (χ4n) is 2.57. The van der Waals surface area contributed by atoms with E-state index in [0.717, 1.165) is 31.4 Å². The lowest BCUT2D eigenvalue weighted by Gasteiger charge is -2.25. The van der Waals surface area contributed by atoms with Gasteiger partial charge in [-0.15, -0.1) is 0 Å². The van der Waals surface area contributed by atoms with Crippen molar-refractivity contribution in [1.82, 2.24) is 10.3 Å². The van der Waals surface area contributed by atoms with Crippen LogP contribution in [0.5, 0.6) is 0 Å². The lowest BCUT2D eigenvalue weighted by atomic mass is 10.1. The summed E-state index contributed by atoms with van der Waals surface area (Å²) in [6.45, 7) is 5.00. The van der Waals surface area contributed by atoms with Crippen LogP contribution in [0.1, 0.15) is 31.0 Å². The van der Waals surface area contributed by atoms with E-state index in [1.807, 2.05) is 12.3 Å². The zero-order valence-corrected chi connectivity index (χ0v) is 12.6. The van der Waals surface area contributed by atoms with Crippen molar-refractivity contribution in [3.05, 3.63) is 59.9 Å². The third-order valence-electron chi connectivity index (χ3n) is 3.95. The lowest BCUT2D eigenvalue weighted by Crippen LogP contribution is -2.25. The van der Waals surface area contributed by atoms with Gasteiger partial charge in [-0.2, -0.15) is 0 Å². The van der Waals surface area contributed by atoms with Crippen molar-refractivity contribution in [1.29, 1.82) is 0 Å². The molecule has 0 unspecified atom stereocenters. The summed E-state index contributed by atoms with van der Waals surface area (Å²) in [6, 6.07) is 15.5. The van der Waals surface area contributed by atoms with Crippen LogP contribution in [0.15, 0.2) is 48.7 Å². The van der Waals surface area contributed by atoms with Gasteiger partial charge in [0.1, 0.15) is 0 Å². The number of aromatic nitrogens is 1. The van der Waals surface area contributed by atoms with Crippen LogP contribution in [0, 0.1) is 0 Å². The largest absolute Gasteiger partial charge is 0.366 e. The lowest BCUT2D eigenvalue weighted by molar-refractivity contribution is 0.682. The van der Waals surface area contributed by atoms with Crippen LogP contribution in [0.2, 0.25) is 0 Å². The predicted molar refractivity (Wildman–Crippen MR) is 87.3 cm³/mol. The Kier molecular flexibility index (Phi) is 4.51. The van der Waals surface area contributed by atoms with Gasteiger partial charge in [0.15, 0.2) is 0 Å². The number of pyridine rings is 1. The maximum absolute atomic E-state index is 4.45. The molecule has 1 N–H and O–H groups in total. The first kappa shape index (κ1) is 14.1. The summed E-state index contributed by atoms with van der Waals surface area (Å²) in [5, 5.41) is 3.61. The number of benzene rings is 1. The molecule has 3 rings (SSSR count). The van der Waals surface area contributed by atoms with Crippen molar-refractivity contribution in [3.63, 3.8) is 0 Å². The number of nitrogens with zero attached hydrogens (tertiary/aromatic N) is 2. The number of para-hydroxylation sites is 1. The topological polar surface area (TPSA) is 28.2 Å². The molecule has 3 heteroatoms. The molecule has 1 aromatic heterocycles. The maximum atomic E-state index is 4.45. The first-order valence-corrected chi connectivity index (χ1v) is 7.83. The Morgan fingerprint density at radius 3 is 2.67 bits per heavy atom. The van der Waals surface area contributed by atoms with Crippen LogP contribution in [0.4, 0.5) is 5.69 Å². The summed E-state index contributed by atoms with van der Waals surface area (Å²) in [7, 11) is 0. The first-order chi connectivity index (χ1) is 10.4. The minimum absolute atomic E-state index is 0.740. The Balaban J connectivity index is 1.75. The number of nitrogens with one attached hydrogen (secondary N) is 1. The van der Waals surface area contributed by atoms with Gasteiger partial charge in [-0.1, -0.05) is 24.3 Å². The van der Waals surface area contributed by atoms with Crippen LogP contribution < -0.4 is 10.2 Å². The molecule has 1 aliphatic carbocycles. The van der Waals surface area contributed by atoms with Gasteiger partial charge >= 0.3 is 0 Å². The van der Waals surface area contributed by atoms with Crippen LogP contribution in [-0.2, 0) is 13.1 Å². The van der Waals surface area contributed by atoms with Crippen molar-refractivity contribution in [2.24, 2.45) is 0 Å². The van der Waals surface area contributed by atoms with Gasteiger partial charge in [0.2, 0.25) is 0 Å². The van der Waals surface area contributed by atoms with Gasteiger partial charge in [0, 0.05) is 31.0 Å². The van der Waals surface area contributed by atoms with Gasteiger partial charge in [-0.25, -0.2) is 0 Å². The quantitative estimate of drug-likeness (QED) is 0.843. The smallest absolute Gasteiger partial charge is 0.0602 e. The molecular weight excluding hydrogens is 258 g/mol. The van der Waals surface area contributed by atoms with Crippen LogP contribution in [0.3, 0.4) is 0 Å². The molecule has 3 nitrogen and oxygen atoms in total. The third-order valence-corrected chi connectivity index (χ3v) is 3.95. The molecule has 0 aliphatic heterocycles. The fraction of sp³-hybridized carbons (Fsp3) is 0.389. The molecular formula is C18H23N3. The Bertz CT molecular complexity index is 564. The van der Waals surface area contributed by atoms with E-state index in [1.165, 1.54) is 24.1 Å². The number of anilines is 1. The molecule has 0 bridgehead atoms. The summed E-state index contributed by atoms with van der Waals surface area (Å²) in [5.41, 5.74) is 3.81. The Labute approximate surface area is 127 Å². The molecule has 110 valence electrons. The second kappa shape index (κ2) is 6.72. The molecule has 1 aromatic carbocycles. The van der Waals surface area contributed by atoms with Gasteiger partial charge in [-0.3, -0.25) is 4.98 Å². The molecule has 0 atom stereocenters. The Hall–Kier alpha value is -1.87. The average Bonchev–Trinajstić information content (AvgIpc) is 3.36. The molecule has 2 aromatic rings. The Morgan fingerprint density at radius 1 is 1.14 bits per heavy atom. The van der Waals surface area contributed by atoms with E-state index in [1.54, 1.807) is 0 Å². The van der Waals surface area contributed by atoms with Crippen molar-refractivity contribution in [2.45, 2.75) is 38.9 Å². The molecule has 1 aliphatic rings. The number of hydrogen-bond acceptors (Lipinski definition) is 3. The van der Waals surface area contributed by atoms with Crippen LogP contribution in [0.25, 0.3) is 0 Å². The van der Waals surface area contributed by atoms with Gasteiger partial charge < -0.3 is 10.2 Å². The SMILES string of the molecule is CCN(Cc1ccccn1)c1ccccc1CNC1CC1. The number of rotatable bonds is 7. The van der Waals surface area contributed by atoms with Gasteiger partial charge in [0.05, 0.1) is 12.2 Å². The molecule has 1 saturated carbocycles. The molecule has 0 saturated heterocycles. The fourth-order valence-corrected chi connectivity index (χ4v) is 2.57. The zero-order valence-electron chi connectivity index (χ0n) is 12.6. The highest BCUT2D eigenvalue weighted by atomic mass is 15.1. The normalized spacial score (nSPS) is 14.1. The summed E-state index contributed by atoms with van der Waals surface area (Å²) < 4.78 is 0. The first-order valence-electron chi connectivity index (χ1n) is 7.83. The van der Waals surface area contributed by atoms with Crippen LogP contribution in [-0.4, -0.2) is 17.6 Å². The molecule has 0 spiro atoms. The molecule has 0 amide bonds. The Morgan fingerprint density at radius 2 is 1.95 bits per heavy atom. The van der Waals surface area contributed by atoms with E-state index in [-0.39, 0.29) is 0 Å². The standard InChI is InChI=1S/C18H23N3/c1-2-21(14-17-8-5-6-12-19-17)18-9-4-3-7-15(18)13-20-16-10-11-16/h3-9,12,16,20H,2,10-11,13-14H2,1H3. The van der Waals surface area contributed by atoms with Crippen molar-refractivity contribution in [2.75, 3.05) is 11.4 Å². The van der Waals surface area contributed by atoms with Crippen LogP contribution >= 0.6 is 0 Å². The minimum atomic E-state index is 0.740. The highest BCUT2D eigenvalue weighted by Gasteiger charge is 2.20. The second-order valence-corrected chi connectivity index (χ2v) is 5.62. The van der Waals surface area contributed by atoms with Crippen molar-refractivity contribution < 1.29 is 0 Å². The number of hydrogen-bond donors (Lipinski definition) is 1. The monoisotopic (exact) mass is 281 g/mol. The van der Waals surface area contributed by atoms with Gasteiger partial charge in [0.25, 0.3) is 0 Å². The third kappa shape index (κ3) is 3.82. The second-order valence-electron chi connectivity index (χ2n) is 5.62. The molecule has 21 heavy (non-hydrogen) atoms. The van der Waals surface area contributed by atoms with Gasteiger partial charge in [-0.05, 0) is 43.5 Å². The summed E-state index contributed by atoms with van der Waals surface area (Å²) in [5.74, 6) is 0. The molecule has 1 heterocycles. The van der Waals surface area contributed by atoms with Crippen molar-refractivity contribution in [3.8, 4) is 0 Å². The van der Waals surface area contributed by atoms with Crippen molar-refractivity contribution >= 4 is 5.69 Å². The van der Waals surface area contributed by atoms with E-state index in [4.69, 9.17) is 0 Å². The highest BCUT2D eigenvalue weighted by Crippen LogP contribution is 2.24. The van der Waals surface area contributed by atoms with E-state index in [0.29, 0.717) is 0 Å². The van der Waals surface area contributed by atoms with E-state index in [2.05, 4.69) is 58.5 Å². The predicted octanol–water partition coefficient (Wildman–Crippen LogP) is 3.36. The highest BCUT2D eigenvalue weighted by molar-refractivity contribution is 5.53. The van der Waals surface area contributed by atoms with E-state index >= 15 is 0 Å². The average molecular weight is 281 g/mol. The maximum Gasteiger partial charge on any atom is 0.0602 e. The zero-order chi connectivity index (χ0) is 14.5. The molecule has 0 radical (unpaired) electrons.